The third kappa shape index (κ3) is 1.19. The van der Waals surface area contributed by atoms with E-state index in [0.29, 0.717) is 10.3 Å². The monoisotopic (exact) mass is 197 g/mol. The number of rotatable bonds is 1. The first-order valence-corrected chi connectivity index (χ1v) is 4.39. The summed E-state index contributed by atoms with van der Waals surface area (Å²) in [5.41, 5.74) is 0.812. The summed E-state index contributed by atoms with van der Waals surface area (Å²) in [5.74, 6) is 0. The summed E-state index contributed by atoms with van der Waals surface area (Å²) in [4.78, 5) is 12.7. The summed E-state index contributed by atoms with van der Waals surface area (Å²) in [6, 6.07) is 3.52. The third-order valence-corrected chi connectivity index (χ3v) is 2.45. The Balaban J connectivity index is 2.75. The molecule has 2 heterocycles. The van der Waals surface area contributed by atoms with Gasteiger partial charge in [-0.1, -0.05) is 22.9 Å². The molecule has 0 amide bonds. The van der Waals surface area contributed by atoms with Crippen molar-refractivity contribution in [2.24, 2.45) is 4.99 Å². The number of halogens is 1. The van der Waals surface area contributed by atoms with Gasteiger partial charge in [-0.15, -0.1) is 0 Å². The van der Waals surface area contributed by atoms with E-state index < -0.39 is 0 Å². The van der Waals surface area contributed by atoms with Crippen LogP contribution in [0.5, 0.6) is 0 Å². The molecule has 3 nitrogen and oxygen atoms in total. The van der Waals surface area contributed by atoms with Crippen LogP contribution < -0.4 is 0 Å². The summed E-state index contributed by atoms with van der Waals surface area (Å²) >= 11 is 7.07. The van der Waals surface area contributed by atoms with E-state index in [4.69, 9.17) is 11.6 Å². The molecule has 0 atom stereocenters. The quantitative estimate of drug-likeness (QED) is 0.521. The minimum absolute atomic E-state index is 0.474. The largest absolute Gasteiger partial charge is 0.236 e. The Bertz CT molecular complexity index is 437. The van der Waals surface area contributed by atoms with E-state index in [1.807, 2.05) is 6.07 Å². The molecule has 0 bridgehead atoms. The van der Waals surface area contributed by atoms with Crippen LogP contribution in [0.4, 0.5) is 5.13 Å². The Kier molecular flexibility index (Phi) is 1.78. The van der Waals surface area contributed by atoms with Gasteiger partial charge in [0.05, 0.1) is 0 Å². The number of nitrogens with zero attached hydrogens (tertiary/aromatic N) is 3. The highest BCUT2D eigenvalue weighted by molar-refractivity contribution is 7.21. The normalized spacial score (nSPS) is 10.4. The molecule has 0 spiro atoms. The smallest absolute Gasteiger partial charge is 0.211 e. The first kappa shape index (κ1) is 7.64. The summed E-state index contributed by atoms with van der Waals surface area (Å²) < 4.78 is 0. The molecule has 5 heteroatoms. The van der Waals surface area contributed by atoms with Gasteiger partial charge in [-0.25, -0.2) is 15.0 Å². The average Bonchev–Trinajstić information content (AvgIpc) is 2.46. The van der Waals surface area contributed by atoms with Gasteiger partial charge in [-0.3, -0.25) is 0 Å². The summed E-state index contributed by atoms with van der Waals surface area (Å²) in [5, 5.41) is 1.10. The number of aliphatic imine (C=N–C) groups is 1. The molecule has 12 heavy (non-hydrogen) atoms. The van der Waals surface area contributed by atoms with Crippen LogP contribution in [-0.4, -0.2) is 16.7 Å². The molecule has 0 unspecified atom stereocenters. The van der Waals surface area contributed by atoms with Gasteiger partial charge in [0.1, 0.15) is 15.5 Å². The van der Waals surface area contributed by atoms with Crippen molar-refractivity contribution < 1.29 is 0 Å². The van der Waals surface area contributed by atoms with Gasteiger partial charge in [0, 0.05) is 0 Å². The molecule has 0 aliphatic rings. The molecule has 2 aromatic rings. The van der Waals surface area contributed by atoms with Crippen molar-refractivity contribution in [3.8, 4) is 0 Å². The highest BCUT2D eigenvalue weighted by Crippen LogP contribution is 2.26. The second-order valence-corrected chi connectivity index (χ2v) is 3.46. The van der Waals surface area contributed by atoms with Crippen LogP contribution in [0, 0.1) is 0 Å². The van der Waals surface area contributed by atoms with Crippen LogP contribution in [0.3, 0.4) is 0 Å². The maximum Gasteiger partial charge on any atom is 0.211 e. The fourth-order valence-electron chi connectivity index (χ4n) is 0.851. The second kappa shape index (κ2) is 2.80. The van der Waals surface area contributed by atoms with E-state index in [2.05, 4.69) is 21.7 Å². The zero-order valence-electron chi connectivity index (χ0n) is 5.99. The van der Waals surface area contributed by atoms with Gasteiger partial charge < -0.3 is 0 Å². The van der Waals surface area contributed by atoms with E-state index in [-0.39, 0.29) is 0 Å². The number of hydrogen-bond acceptors (Lipinski definition) is 4. The molecule has 0 fully saturated rings. The Hall–Kier alpha value is -1.00. The van der Waals surface area contributed by atoms with Crippen LogP contribution in [0.1, 0.15) is 0 Å². The van der Waals surface area contributed by atoms with Crippen molar-refractivity contribution in [3.63, 3.8) is 0 Å². The van der Waals surface area contributed by atoms with Gasteiger partial charge in [-0.05, 0) is 18.9 Å². The van der Waals surface area contributed by atoms with Crippen molar-refractivity contribution in [1.29, 1.82) is 0 Å². The van der Waals surface area contributed by atoms with Crippen LogP contribution in [0.25, 0.3) is 10.3 Å². The van der Waals surface area contributed by atoms with Crippen LogP contribution in [0.15, 0.2) is 17.1 Å². The Morgan fingerprint density at radius 1 is 1.42 bits per heavy atom. The van der Waals surface area contributed by atoms with Crippen LogP contribution in [0.2, 0.25) is 5.15 Å². The lowest BCUT2D eigenvalue weighted by molar-refractivity contribution is 1.38. The number of aromatic nitrogens is 2. The van der Waals surface area contributed by atoms with Crippen molar-refractivity contribution in [1.82, 2.24) is 9.97 Å². The predicted octanol–water partition coefficient (Wildman–Crippen LogP) is 2.68. The van der Waals surface area contributed by atoms with Crippen molar-refractivity contribution in [3.05, 3.63) is 17.3 Å². The maximum absolute atomic E-state index is 5.69. The zero-order chi connectivity index (χ0) is 8.55. The van der Waals surface area contributed by atoms with Crippen molar-refractivity contribution in [2.45, 2.75) is 0 Å². The molecule has 60 valence electrons. The molecule has 0 aromatic carbocycles. The van der Waals surface area contributed by atoms with E-state index in [9.17, 15) is 0 Å². The second-order valence-electron chi connectivity index (χ2n) is 2.11. The fraction of sp³-hybridized carbons (Fsp3) is 0. The van der Waals surface area contributed by atoms with E-state index in [1.165, 1.54) is 11.3 Å². The predicted molar refractivity (Wildman–Crippen MR) is 51.6 cm³/mol. The van der Waals surface area contributed by atoms with E-state index in [0.717, 1.165) is 10.3 Å². The number of pyridine rings is 1. The topological polar surface area (TPSA) is 38.1 Å². The molecule has 0 aliphatic carbocycles. The molecule has 0 saturated carbocycles. The van der Waals surface area contributed by atoms with Crippen molar-refractivity contribution >= 4 is 45.1 Å². The van der Waals surface area contributed by atoms with Crippen LogP contribution >= 0.6 is 22.9 Å². The van der Waals surface area contributed by atoms with Gasteiger partial charge >= 0.3 is 0 Å². The number of fused-ring (bicyclic) bond motifs is 1. The minimum Gasteiger partial charge on any atom is -0.236 e. The molecule has 0 radical (unpaired) electrons. The molecule has 0 aliphatic heterocycles. The lowest BCUT2D eigenvalue weighted by atomic mass is 10.5. The SMILES string of the molecule is C=Nc1nc2ccc(Cl)nc2s1. The zero-order valence-corrected chi connectivity index (χ0v) is 7.56. The summed E-state index contributed by atoms with van der Waals surface area (Å²) in [6.07, 6.45) is 0. The lowest BCUT2D eigenvalue weighted by Gasteiger charge is -1.85. The molecular formula is C7H4ClN3S. The minimum atomic E-state index is 0.474. The summed E-state index contributed by atoms with van der Waals surface area (Å²) in [7, 11) is 0. The average molecular weight is 198 g/mol. The van der Waals surface area contributed by atoms with Gasteiger partial charge in [0.2, 0.25) is 5.13 Å². The van der Waals surface area contributed by atoms with Gasteiger partial charge in [0.25, 0.3) is 0 Å². The first-order valence-electron chi connectivity index (χ1n) is 3.19. The molecule has 2 rings (SSSR count). The third-order valence-electron chi connectivity index (χ3n) is 1.35. The van der Waals surface area contributed by atoms with E-state index >= 15 is 0 Å². The lowest BCUT2D eigenvalue weighted by Crippen LogP contribution is -1.72. The highest BCUT2D eigenvalue weighted by Gasteiger charge is 2.02. The molecule has 0 N–H and O–H groups in total. The molecular weight excluding hydrogens is 194 g/mol. The number of thiazole rings is 1. The molecule has 0 saturated heterocycles. The Morgan fingerprint density at radius 2 is 2.25 bits per heavy atom. The fourth-order valence-corrected chi connectivity index (χ4v) is 1.79. The van der Waals surface area contributed by atoms with E-state index in [1.54, 1.807) is 6.07 Å². The highest BCUT2D eigenvalue weighted by atomic mass is 35.5. The number of hydrogen-bond donors (Lipinski definition) is 0. The first-order chi connectivity index (χ1) is 5.79. The Morgan fingerprint density at radius 3 is 3.00 bits per heavy atom. The summed E-state index contributed by atoms with van der Waals surface area (Å²) in [6.45, 7) is 3.39. The van der Waals surface area contributed by atoms with Gasteiger partial charge in [-0.2, -0.15) is 0 Å². The Labute approximate surface area is 77.8 Å². The molecule has 2 aromatic heterocycles. The van der Waals surface area contributed by atoms with Crippen molar-refractivity contribution in [2.75, 3.05) is 0 Å². The van der Waals surface area contributed by atoms with Crippen LogP contribution in [-0.2, 0) is 0 Å². The standard InChI is InChI=1S/C7H4ClN3S/c1-9-7-10-4-2-3-5(8)11-6(4)12-7/h2-3H,1H2. The maximum atomic E-state index is 5.69. The van der Waals surface area contributed by atoms with Gasteiger partial charge in [0.15, 0.2) is 0 Å².